The Bertz CT molecular complexity index is 552. The summed E-state index contributed by atoms with van der Waals surface area (Å²) in [5.41, 5.74) is 8.42. The highest BCUT2D eigenvalue weighted by atomic mass is 14.1. The lowest BCUT2D eigenvalue weighted by molar-refractivity contribution is 0.795. The summed E-state index contributed by atoms with van der Waals surface area (Å²) < 4.78 is 0. The van der Waals surface area contributed by atoms with Crippen molar-refractivity contribution < 1.29 is 0 Å². The van der Waals surface area contributed by atoms with Gasteiger partial charge in [0.25, 0.3) is 0 Å². The molecule has 0 nitrogen and oxygen atoms in total. The van der Waals surface area contributed by atoms with Crippen molar-refractivity contribution in [1.82, 2.24) is 0 Å². The number of rotatable bonds is 6. The Morgan fingerprint density at radius 1 is 0.905 bits per heavy atom. The molecule has 0 fully saturated rings. The molecule has 2 aromatic carbocycles. The van der Waals surface area contributed by atoms with Crippen molar-refractivity contribution in [2.75, 3.05) is 0 Å². The van der Waals surface area contributed by atoms with E-state index in [0.717, 1.165) is 6.42 Å². The summed E-state index contributed by atoms with van der Waals surface area (Å²) in [6.45, 7) is 8.85. The average molecular weight is 279 g/mol. The molecule has 0 N–H and O–H groups in total. The second-order valence-electron chi connectivity index (χ2n) is 6.13. The number of hydrogen-bond donors (Lipinski definition) is 0. The van der Waals surface area contributed by atoms with Crippen LogP contribution in [0.5, 0.6) is 0 Å². The second-order valence-corrected chi connectivity index (χ2v) is 6.13. The van der Waals surface area contributed by atoms with Gasteiger partial charge in [-0.25, -0.2) is 0 Å². The zero-order valence-corrected chi connectivity index (χ0v) is 13.9. The molecular formula is C21H27. The molecule has 0 atom stereocenters. The minimum Gasteiger partial charge on any atom is -0.0654 e. The monoisotopic (exact) mass is 279 g/mol. The lowest BCUT2D eigenvalue weighted by atomic mass is 9.94. The van der Waals surface area contributed by atoms with Crippen LogP contribution in [0.2, 0.25) is 0 Å². The molecule has 0 aliphatic carbocycles. The second kappa shape index (κ2) is 7.45. The van der Waals surface area contributed by atoms with Crippen LogP contribution in [0.25, 0.3) is 0 Å². The van der Waals surface area contributed by atoms with Gasteiger partial charge in [-0.05, 0) is 74.3 Å². The van der Waals surface area contributed by atoms with Gasteiger partial charge in [-0.3, -0.25) is 0 Å². The van der Waals surface area contributed by atoms with E-state index in [-0.39, 0.29) is 0 Å². The molecule has 0 spiro atoms. The normalized spacial score (nSPS) is 10.9. The van der Waals surface area contributed by atoms with Crippen LogP contribution in [0.15, 0.2) is 36.4 Å². The fourth-order valence-electron chi connectivity index (χ4n) is 2.95. The SMILES string of the molecule is CCCCc1ccc([CH]Cc2c(C)cc(C)cc2C)cc1. The highest BCUT2D eigenvalue weighted by Gasteiger charge is 2.05. The largest absolute Gasteiger partial charge is 0.0654 e. The minimum atomic E-state index is 1.02. The molecule has 0 saturated carbocycles. The Balaban J connectivity index is 2.00. The van der Waals surface area contributed by atoms with Crippen molar-refractivity contribution in [2.24, 2.45) is 0 Å². The number of hydrogen-bond acceptors (Lipinski definition) is 0. The van der Waals surface area contributed by atoms with Crippen molar-refractivity contribution in [1.29, 1.82) is 0 Å². The van der Waals surface area contributed by atoms with Crippen LogP contribution in [0, 0.1) is 27.2 Å². The van der Waals surface area contributed by atoms with Crippen molar-refractivity contribution in [2.45, 2.75) is 53.4 Å². The van der Waals surface area contributed by atoms with Crippen molar-refractivity contribution in [3.63, 3.8) is 0 Å². The summed E-state index contributed by atoms with van der Waals surface area (Å²) in [4.78, 5) is 0. The van der Waals surface area contributed by atoms with Gasteiger partial charge in [0.15, 0.2) is 0 Å². The number of unbranched alkanes of at least 4 members (excludes halogenated alkanes) is 1. The Morgan fingerprint density at radius 2 is 1.52 bits per heavy atom. The van der Waals surface area contributed by atoms with Gasteiger partial charge >= 0.3 is 0 Å². The van der Waals surface area contributed by atoms with Gasteiger partial charge in [0.05, 0.1) is 0 Å². The molecule has 0 saturated heterocycles. The fraction of sp³-hybridized carbons (Fsp3) is 0.381. The first-order valence-electron chi connectivity index (χ1n) is 8.09. The summed E-state index contributed by atoms with van der Waals surface area (Å²) in [6.07, 6.45) is 7.11. The summed E-state index contributed by atoms with van der Waals surface area (Å²) in [5, 5.41) is 0. The zero-order valence-electron chi connectivity index (χ0n) is 13.9. The fourth-order valence-corrected chi connectivity index (χ4v) is 2.95. The molecule has 0 heteroatoms. The van der Waals surface area contributed by atoms with Crippen LogP contribution >= 0.6 is 0 Å². The predicted molar refractivity (Wildman–Crippen MR) is 92.8 cm³/mol. The van der Waals surface area contributed by atoms with Crippen LogP contribution in [-0.4, -0.2) is 0 Å². The predicted octanol–water partition coefficient (Wildman–Crippen LogP) is 5.75. The molecule has 0 aliphatic heterocycles. The summed E-state index contributed by atoms with van der Waals surface area (Å²) in [6, 6.07) is 13.6. The Hall–Kier alpha value is -1.56. The maximum atomic E-state index is 2.34. The number of benzene rings is 2. The first-order chi connectivity index (χ1) is 10.1. The van der Waals surface area contributed by atoms with Gasteiger partial charge in [-0.1, -0.05) is 55.3 Å². The topological polar surface area (TPSA) is 0 Å². The Labute approximate surface area is 130 Å². The van der Waals surface area contributed by atoms with Crippen LogP contribution < -0.4 is 0 Å². The Morgan fingerprint density at radius 3 is 2.10 bits per heavy atom. The lowest BCUT2D eigenvalue weighted by Gasteiger charge is -2.11. The summed E-state index contributed by atoms with van der Waals surface area (Å²) >= 11 is 0. The van der Waals surface area contributed by atoms with Crippen LogP contribution in [-0.2, 0) is 12.8 Å². The quantitative estimate of drug-likeness (QED) is 0.631. The standard InChI is InChI=1S/C21H27/c1-5-6-7-19-8-10-20(11-9-19)12-13-21-17(3)14-16(2)15-18(21)4/h8-12,14-15H,5-7,13H2,1-4H3. The maximum Gasteiger partial charge on any atom is -0.00492 e. The van der Waals surface area contributed by atoms with E-state index in [4.69, 9.17) is 0 Å². The maximum absolute atomic E-state index is 2.34. The third-order valence-corrected chi connectivity index (χ3v) is 4.18. The molecule has 0 unspecified atom stereocenters. The molecule has 0 amide bonds. The van der Waals surface area contributed by atoms with Crippen LogP contribution in [0.1, 0.15) is 53.1 Å². The van der Waals surface area contributed by atoms with Gasteiger partial charge in [-0.15, -0.1) is 0 Å². The van der Waals surface area contributed by atoms with E-state index in [0.29, 0.717) is 0 Å². The van der Waals surface area contributed by atoms with Crippen molar-refractivity contribution in [3.8, 4) is 0 Å². The lowest BCUT2D eigenvalue weighted by Crippen LogP contribution is -1.97. The van der Waals surface area contributed by atoms with Crippen LogP contribution in [0.4, 0.5) is 0 Å². The molecule has 0 aliphatic rings. The van der Waals surface area contributed by atoms with Gasteiger partial charge in [0, 0.05) is 0 Å². The molecule has 0 aromatic heterocycles. The van der Waals surface area contributed by atoms with Crippen molar-refractivity contribution >= 4 is 0 Å². The highest BCUT2D eigenvalue weighted by molar-refractivity contribution is 5.40. The molecule has 1 radical (unpaired) electrons. The average Bonchev–Trinajstić information content (AvgIpc) is 2.45. The van der Waals surface area contributed by atoms with Gasteiger partial charge in [-0.2, -0.15) is 0 Å². The zero-order chi connectivity index (χ0) is 15.2. The first-order valence-corrected chi connectivity index (χ1v) is 8.09. The molecule has 21 heavy (non-hydrogen) atoms. The van der Waals surface area contributed by atoms with E-state index in [2.05, 4.69) is 70.5 Å². The van der Waals surface area contributed by atoms with E-state index >= 15 is 0 Å². The molecule has 2 rings (SSSR count). The van der Waals surface area contributed by atoms with Crippen LogP contribution in [0.3, 0.4) is 0 Å². The highest BCUT2D eigenvalue weighted by Crippen LogP contribution is 2.20. The van der Waals surface area contributed by atoms with E-state index in [1.165, 1.54) is 52.6 Å². The van der Waals surface area contributed by atoms with Crippen molar-refractivity contribution in [3.05, 3.63) is 76.2 Å². The van der Waals surface area contributed by atoms with E-state index in [1.54, 1.807) is 0 Å². The number of aryl methyl sites for hydroxylation is 4. The molecule has 0 heterocycles. The summed E-state index contributed by atoms with van der Waals surface area (Å²) in [7, 11) is 0. The third-order valence-electron chi connectivity index (χ3n) is 4.18. The molecular weight excluding hydrogens is 252 g/mol. The smallest absolute Gasteiger partial charge is 0.00492 e. The summed E-state index contributed by atoms with van der Waals surface area (Å²) in [5.74, 6) is 0. The van der Waals surface area contributed by atoms with Gasteiger partial charge in [0.2, 0.25) is 0 Å². The third kappa shape index (κ3) is 4.46. The molecule has 0 bridgehead atoms. The molecule has 2 aromatic rings. The van der Waals surface area contributed by atoms with Gasteiger partial charge in [0.1, 0.15) is 0 Å². The van der Waals surface area contributed by atoms with E-state index < -0.39 is 0 Å². The Kier molecular flexibility index (Phi) is 5.61. The van der Waals surface area contributed by atoms with E-state index in [1.807, 2.05) is 0 Å². The first kappa shape index (κ1) is 15.8. The molecule has 111 valence electrons. The van der Waals surface area contributed by atoms with Gasteiger partial charge < -0.3 is 0 Å². The minimum absolute atomic E-state index is 1.02. The van der Waals surface area contributed by atoms with E-state index in [9.17, 15) is 0 Å².